The van der Waals surface area contributed by atoms with Crippen LogP contribution in [0.3, 0.4) is 0 Å². The zero-order chi connectivity index (χ0) is 10.6. The number of imidazole rings is 1. The fourth-order valence-corrected chi connectivity index (χ4v) is 1.84. The number of nitriles is 1. The molecule has 1 aromatic heterocycles. The lowest BCUT2D eigenvalue weighted by atomic mass is 9.98. The van der Waals surface area contributed by atoms with E-state index in [1.807, 2.05) is 10.8 Å². The summed E-state index contributed by atoms with van der Waals surface area (Å²) in [5.74, 6) is 2.37. The van der Waals surface area contributed by atoms with Gasteiger partial charge in [-0.15, -0.1) is 0 Å². The minimum atomic E-state index is 0.484. The summed E-state index contributed by atoms with van der Waals surface area (Å²) in [5, 5.41) is 8.78. The van der Waals surface area contributed by atoms with Crippen LogP contribution >= 0.6 is 12.6 Å². The summed E-state index contributed by atoms with van der Waals surface area (Å²) in [6.45, 7) is 5.16. The summed E-state index contributed by atoms with van der Waals surface area (Å²) in [5.41, 5.74) is 0. The van der Waals surface area contributed by atoms with Gasteiger partial charge in [0.05, 0.1) is 0 Å². The number of nitrogens with zero attached hydrogens (tertiary/aromatic N) is 3. The Morgan fingerprint density at radius 2 is 2.36 bits per heavy atom. The van der Waals surface area contributed by atoms with Gasteiger partial charge in [0.15, 0.2) is 0 Å². The molecule has 0 aliphatic rings. The van der Waals surface area contributed by atoms with Crippen molar-refractivity contribution in [1.82, 2.24) is 9.55 Å². The first kappa shape index (κ1) is 11.1. The molecule has 4 heteroatoms. The lowest BCUT2D eigenvalue weighted by Crippen LogP contribution is -2.18. The van der Waals surface area contributed by atoms with Crippen LogP contribution in [0.4, 0.5) is 0 Å². The molecule has 1 rings (SSSR count). The van der Waals surface area contributed by atoms with Crippen molar-refractivity contribution in [3.8, 4) is 6.07 Å². The van der Waals surface area contributed by atoms with Gasteiger partial charge in [-0.25, -0.2) is 4.98 Å². The molecule has 0 saturated carbocycles. The van der Waals surface area contributed by atoms with Crippen molar-refractivity contribution in [2.75, 3.05) is 5.75 Å². The Kier molecular flexibility index (Phi) is 4.02. The van der Waals surface area contributed by atoms with Crippen LogP contribution in [0.5, 0.6) is 0 Å². The summed E-state index contributed by atoms with van der Waals surface area (Å²) < 4.78 is 1.89. The standard InChI is InChI=1S/C10H15N3S/c1-8(2)9(7-14)6-13-4-3-12-10(13)5-11/h3-4,8-9,14H,6-7H2,1-2H3. The fraction of sp³-hybridized carbons (Fsp3) is 0.600. The molecule has 3 nitrogen and oxygen atoms in total. The maximum Gasteiger partial charge on any atom is 0.212 e. The van der Waals surface area contributed by atoms with Crippen molar-refractivity contribution >= 4 is 12.6 Å². The van der Waals surface area contributed by atoms with Crippen molar-refractivity contribution in [2.45, 2.75) is 20.4 Å². The lowest BCUT2D eigenvalue weighted by molar-refractivity contribution is 0.371. The van der Waals surface area contributed by atoms with Crippen molar-refractivity contribution in [2.24, 2.45) is 11.8 Å². The molecule has 0 aromatic carbocycles. The quantitative estimate of drug-likeness (QED) is 0.770. The molecular formula is C10H15N3S. The van der Waals surface area contributed by atoms with E-state index < -0.39 is 0 Å². The van der Waals surface area contributed by atoms with E-state index in [0.717, 1.165) is 12.3 Å². The first-order valence-corrected chi connectivity index (χ1v) is 5.34. The lowest BCUT2D eigenvalue weighted by Gasteiger charge is -2.19. The molecule has 0 radical (unpaired) electrons. The summed E-state index contributed by atoms with van der Waals surface area (Å²) >= 11 is 4.31. The van der Waals surface area contributed by atoms with E-state index in [1.54, 1.807) is 6.20 Å². The van der Waals surface area contributed by atoms with Crippen LogP contribution < -0.4 is 0 Å². The molecule has 1 atom stereocenters. The SMILES string of the molecule is CC(C)C(CS)Cn1ccnc1C#N. The number of rotatable bonds is 4. The Balaban J connectivity index is 2.72. The first-order chi connectivity index (χ1) is 6.69. The highest BCUT2D eigenvalue weighted by molar-refractivity contribution is 7.80. The summed E-state index contributed by atoms with van der Waals surface area (Å²) in [6.07, 6.45) is 3.51. The third-order valence-corrected chi connectivity index (χ3v) is 2.89. The van der Waals surface area contributed by atoms with Gasteiger partial charge < -0.3 is 4.57 Å². The molecule has 0 fully saturated rings. The maximum atomic E-state index is 8.78. The Morgan fingerprint density at radius 3 is 2.86 bits per heavy atom. The van der Waals surface area contributed by atoms with Gasteiger partial charge >= 0.3 is 0 Å². The Bertz CT molecular complexity index is 324. The van der Waals surface area contributed by atoms with Crippen LogP contribution in [-0.2, 0) is 6.54 Å². The number of thiol groups is 1. The second kappa shape index (κ2) is 5.06. The Hall–Kier alpha value is -0.950. The highest BCUT2D eigenvalue weighted by atomic mass is 32.1. The Morgan fingerprint density at radius 1 is 1.64 bits per heavy atom. The van der Waals surface area contributed by atoms with E-state index in [1.165, 1.54) is 0 Å². The van der Waals surface area contributed by atoms with E-state index in [9.17, 15) is 0 Å². The van der Waals surface area contributed by atoms with Gasteiger partial charge in [0.1, 0.15) is 6.07 Å². The van der Waals surface area contributed by atoms with Gasteiger partial charge in [-0.3, -0.25) is 0 Å². The highest BCUT2D eigenvalue weighted by Crippen LogP contribution is 2.15. The minimum Gasteiger partial charge on any atom is -0.322 e. The molecule has 0 saturated heterocycles. The number of hydrogen-bond donors (Lipinski definition) is 1. The molecule has 0 N–H and O–H groups in total. The molecule has 0 spiro atoms. The van der Waals surface area contributed by atoms with Crippen LogP contribution in [-0.4, -0.2) is 15.3 Å². The van der Waals surface area contributed by atoms with Crippen LogP contribution in [0.2, 0.25) is 0 Å². The van der Waals surface area contributed by atoms with Crippen molar-refractivity contribution in [3.63, 3.8) is 0 Å². The number of hydrogen-bond acceptors (Lipinski definition) is 3. The third kappa shape index (κ3) is 2.52. The van der Waals surface area contributed by atoms with Crippen LogP contribution in [0.25, 0.3) is 0 Å². The van der Waals surface area contributed by atoms with E-state index in [0.29, 0.717) is 17.7 Å². The maximum absolute atomic E-state index is 8.78. The topological polar surface area (TPSA) is 41.6 Å². The third-order valence-electron chi connectivity index (χ3n) is 2.42. The summed E-state index contributed by atoms with van der Waals surface area (Å²) in [6, 6.07) is 2.07. The van der Waals surface area contributed by atoms with E-state index >= 15 is 0 Å². The zero-order valence-corrected chi connectivity index (χ0v) is 9.41. The van der Waals surface area contributed by atoms with Gasteiger partial charge in [0, 0.05) is 18.9 Å². The molecule has 0 aliphatic carbocycles. The van der Waals surface area contributed by atoms with Gasteiger partial charge in [-0.05, 0) is 17.6 Å². The molecular weight excluding hydrogens is 194 g/mol. The molecule has 1 aromatic rings. The highest BCUT2D eigenvalue weighted by Gasteiger charge is 2.13. The van der Waals surface area contributed by atoms with E-state index in [4.69, 9.17) is 5.26 Å². The molecule has 0 aliphatic heterocycles. The van der Waals surface area contributed by atoms with Crippen LogP contribution in [0.15, 0.2) is 12.4 Å². The fourth-order valence-electron chi connectivity index (χ4n) is 1.30. The molecule has 0 amide bonds. The average molecular weight is 209 g/mol. The monoisotopic (exact) mass is 209 g/mol. The Labute approximate surface area is 90.2 Å². The first-order valence-electron chi connectivity index (χ1n) is 4.71. The van der Waals surface area contributed by atoms with Crippen LogP contribution in [0, 0.1) is 23.2 Å². The van der Waals surface area contributed by atoms with Gasteiger partial charge in [-0.1, -0.05) is 13.8 Å². The summed E-state index contributed by atoms with van der Waals surface area (Å²) in [4.78, 5) is 3.96. The van der Waals surface area contributed by atoms with Crippen molar-refractivity contribution in [1.29, 1.82) is 5.26 Å². The van der Waals surface area contributed by atoms with Crippen molar-refractivity contribution in [3.05, 3.63) is 18.2 Å². The minimum absolute atomic E-state index is 0.484. The zero-order valence-electron chi connectivity index (χ0n) is 8.51. The second-order valence-corrected chi connectivity index (χ2v) is 4.07. The summed E-state index contributed by atoms with van der Waals surface area (Å²) in [7, 11) is 0. The second-order valence-electron chi connectivity index (χ2n) is 3.70. The number of aromatic nitrogens is 2. The van der Waals surface area contributed by atoms with E-state index in [2.05, 4.69) is 37.5 Å². The van der Waals surface area contributed by atoms with Gasteiger partial charge in [0.2, 0.25) is 5.82 Å². The molecule has 76 valence electrons. The molecule has 1 unspecified atom stereocenters. The van der Waals surface area contributed by atoms with Crippen molar-refractivity contribution < 1.29 is 0 Å². The molecule has 14 heavy (non-hydrogen) atoms. The van der Waals surface area contributed by atoms with Gasteiger partial charge in [0.25, 0.3) is 0 Å². The van der Waals surface area contributed by atoms with Crippen LogP contribution in [0.1, 0.15) is 19.7 Å². The smallest absolute Gasteiger partial charge is 0.212 e. The predicted molar refractivity (Wildman–Crippen MR) is 59.1 cm³/mol. The molecule has 1 heterocycles. The normalized spacial score (nSPS) is 12.8. The largest absolute Gasteiger partial charge is 0.322 e. The van der Waals surface area contributed by atoms with Gasteiger partial charge in [-0.2, -0.15) is 17.9 Å². The predicted octanol–water partition coefficient (Wildman–Crippen LogP) is 1.96. The molecule has 0 bridgehead atoms. The van der Waals surface area contributed by atoms with E-state index in [-0.39, 0.29) is 0 Å². The average Bonchev–Trinajstić information content (AvgIpc) is 2.60.